The zero-order chi connectivity index (χ0) is 28.4. The van der Waals surface area contributed by atoms with Gasteiger partial charge in [-0.3, -0.25) is 9.59 Å². The van der Waals surface area contributed by atoms with E-state index in [9.17, 15) is 18.0 Å². The minimum Gasteiger partial charge on any atom is -0.404 e. The van der Waals surface area contributed by atoms with E-state index >= 15 is 0 Å². The summed E-state index contributed by atoms with van der Waals surface area (Å²) >= 11 is 0. The molecule has 216 valence electrons. The van der Waals surface area contributed by atoms with Gasteiger partial charge in [0.1, 0.15) is 11.6 Å². The van der Waals surface area contributed by atoms with E-state index in [1.54, 1.807) is 4.90 Å². The summed E-state index contributed by atoms with van der Waals surface area (Å²) in [4.78, 5) is 29.2. The monoisotopic (exact) mass is 553 g/mol. The van der Waals surface area contributed by atoms with E-state index in [0.717, 1.165) is 19.1 Å². The Morgan fingerprint density at radius 3 is 2.37 bits per heavy atom. The number of hydrogen-bond donors (Lipinski definition) is 2. The van der Waals surface area contributed by atoms with Crippen LogP contribution in [0.25, 0.3) is 0 Å². The molecule has 5 aliphatic rings. The molecule has 38 heavy (non-hydrogen) atoms. The Kier molecular flexibility index (Phi) is 7.87. The first-order chi connectivity index (χ1) is 17.5. The summed E-state index contributed by atoms with van der Waals surface area (Å²) in [7, 11) is -4.16. The van der Waals surface area contributed by atoms with Gasteiger partial charge in [-0.1, -0.05) is 48.5 Å². The highest BCUT2D eigenvalue weighted by molar-refractivity contribution is 7.88. The van der Waals surface area contributed by atoms with E-state index < -0.39 is 28.7 Å². The van der Waals surface area contributed by atoms with E-state index in [0.29, 0.717) is 37.6 Å². The molecule has 5 fully saturated rings. The molecular formula is C27H48BN3O6S. The average Bonchev–Trinajstić information content (AvgIpc) is 3.31. The third-order valence-electron chi connectivity index (χ3n) is 10.2. The van der Waals surface area contributed by atoms with Crippen molar-refractivity contribution in [1.29, 1.82) is 0 Å². The van der Waals surface area contributed by atoms with Gasteiger partial charge < -0.3 is 19.5 Å². The first kappa shape index (κ1) is 29.8. The summed E-state index contributed by atoms with van der Waals surface area (Å²) in [5.41, 5.74) is -1.38. The summed E-state index contributed by atoms with van der Waals surface area (Å²) in [5, 5.41) is 3.17. The van der Waals surface area contributed by atoms with Crippen molar-refractivity contribution in [1.82, 2.24) is 14.9 Å². The number of carbonyl (C=O) groups is 2. The fourth-order valence-electron chi connectivity index (χ4n) is 7.67. The van der Waals surface area contributed by atoms with Crippen LogP contribution in [0.15, 0.2) is 0 Å². The highest BCUT2D eigenvalue weighted by Gasteiger charge is 2.68. The Morgan fingerprint density at radius 2 is 1.84 bits per heavy atom. The maximum absolute atomic E-state index is 13.8. The zero-order valence-corrected chi connectivity index (χ0v) is 25.5. The maximum Gasteiger partial charge on any atom is 0.481 e. The van der Waals surface area contributed by atoms with Gasteiger partial charge in [-0.05, 0) is 68.1 Å². The van der Waals surface area contributed by atoms with Gasteiger partial charge in [0.15, 0.2) is 0 Å². The summed E-state index contributed by atoms with van der Waals surface area (Å²) in [6.07, 6.45) is 4.66. The lowest BCUT2D eigenvalue weighted by Gasteiger charge is -2.64. The van der Waals surface area contributed by atoms with Gasteiger partial charge >= 0.3 is 7.12 Å². The van der Waals surface area contributed by atoms with E-state index in [4.69, 9.17) is 9.31 Å². The van der Waals surface area contributed by atoms with E-state index in [2.05, 4.69) is 30.8 Å². The molecule has 2 bridgehead atoms. The maximum atomic E-state index is 13.8. The van der Waals surface area contributed by atoms with Crippen LogP contribution in [0.3, 0.4) is 0 Å². The molecule has 0 aromatic heterocycles. The number of nitrogens with one attached hydrogen (secondary N) is 2. The summed E-state index contributed by atoms with van der Waals surface area (Å²) in [6, 6.07) is -0.704. The van der Waals surface area contributed by atoms with Crippen LogP contribution in [-0.2, 0) is 28.9 Å². The molecule has 0 radical (unpaired) electrons. The molecule has 2 aliphatic heterocycles. The minimum atomic E-state index is -3.63. The van der Waals surface area contributed by atoms with E-state index in [1.807, 2.05) is 34.6 Å². The van der Waals surface area contributed by atoms with Crippen LogP contribution in [0.2, 0.25) is 0 Å². The second kappa shape index (κ2) is 10.0. The molecule has 3 saturated carbocycles. The fraction of sp³-hybridized carbons (Fsp3) is 0.926. The van der Waals surface area contributed by atoms with E-state index in [-0.39, 0.29) is 46.7 Å². The number of carbonyl (C=O) groups excluding carboxylic acids is 2. The van der Waals surface area contributed by atoms with Crippen molar-refractivity contribution in [3.63, 3.8) is 0 Å². The lowest BCUT2D eigenvalue weighted by molar-refractivity contribution is -0.199. The van der Waals surface area contributed by atoms with Gasteiger partial charge in [-0.25, -0.2) is 8.42 Å². The van der Waals surface area contributed by atoms with Crippen LogP contribution < -0.4 is 10.0 Å². The molecule has 2 unspecified atom stereocenters. The molecule has 3 aliphatic carbocycles. The average molecular weight is 554 g/mol. The van der Waals surface area contributed by atoms with Crippen molar-refractivity contribution >= 4 is 29.0 Å². The number of rotatable bonds is 10. The topological polar surface area (TPSA) is 114 Å². The quantitative estimate of drug-likeness (QED) is 0.403. The summed E-state index contributed by atoms with van der Waals surface area (Å²) in [5.74, 6) is 0.0448. The Morgan fingerprint density at radius 1 is 1.18 bits per heavy atom. The molecule has 5 rings (SSSR count). The number of nitrogens with zero attached hydrogens (tertiary/aromatic N) is 1. The lowest BCUT2D eigenvalue weighted by atomic mass is 9.43. The first-order valence-electron chi connectivity index (χ1n) is 14.4. The SMILES string of the molecule is CC[C@H](NC(=O)[C@H](CC(C)C)N1CCC(NS(C)(=O)=O)(C(C)C)C1=O)B1OC2C[C@H]3C[C@H](C3(C)C)[C@]2(C)O1. The molecule has 7 atom stereocenters. The van der Waals surface area contributed by atoms with Crippen LogP contribution in [0.5, 0.6) is 0 Å². The molecule has 0 spiro atoms. The fourth-order valence-corrected chi connectivity index (χ4v) is 8.76. The smallest absolute Gasteiger partial charge is 0.404 e. The van der Waals surface area contributed by atoms with Gasteiger partial charge in [0.2, 0.25) is 21.8 Å². The largest absolute Gasteiger partial charge is 0.481 e. The van der Waals surface area contributed by atoms with Gasteiger partial charge in [-0.2, -0.15) is 4.72 Å². The molecule has 2 heterocycles. The van der Waals surface area contributed by atoms with Crippen molar-refractivity contribution in [3.05, 3.63) is 0 Å². The number of hydrogen-bond acceptors (Lipinski definition) is 6. The molecule has 2 N–H and O–H groups in total. The minimum absolute atomic E-state index is 0.0237. The van der Waals surface area contributed by atoms with Gasteiger partial charge in [0.25, 0.3) is 0 Å². The van der Waals surface area contributed by atoms with Crippen molar-refractivity contribution in [2.45, 2.75) is 117 Å². The molecule has 0 aromatic carbocycles. The summed E-state index contributed by atoms with van der Waals surface area (Å²) < 4.78 is 40.0. The van der Waals surface area contributed by atoms with Crippen LogP contribution in [-0.4, -0.2) is 74.3 Å². The Hall–Kier alpha value is -1.17. The molecule has 0 aromatic rings. The van der Waals surface area contributed by atoms with Crippen LogP contribution in [0.1, 0.15) is 87.5 Å². The molecule has 9 nitrogen and oxygen atoms in total. The summed E-state index contributed by atoms with van der Waals surface area (Å²) in [6.45, 7) is 16.8. The van der Waals surface area contributed by atoms with Gasteiger partial charge in [0.05, 0.1) is 23.9 Å². The normalized spacial score (nSPS) is 35.9. The Bertz CT molecular complexity index is 1050. The Balaban J connectivity index is 1.51. The molecule has 2 amide bonds. The number of likely N-dealkylation sites (tertiary alicyclic amines) is 1. The standard InChI is InChI=1S/C27H48BN3O6S/c1-10-22(28-36-21-15-18-14-20(25(18,6)7)26(21,8)37-28)29-23(32)19(13-16(2)3)31-12-11-27(17(4)5,24(31)33)30-38(9,34)35/h16-22,30H,10-15H2,1-9H3,(H,29,32)/t18-,19+,20-,21?,22+,26+,27?/m1/s1. The highest BCUT2D eigenvalue weighted by Crippen LogP contribution is 2.65. The predicted octanol–water partition coefficient (Wildman–Crippen LogP) is 2.74. The lowest BCUT2D eigenvalue weighted by Crippen LogP contribution is -2.65. The van der Waals surface area contributed by atoms with Crippen molar-refractivity contribution in [2.24, 2.45) is 29.1 Å². The van der Waals surface area contributed by atoms with Crippen LogP contribution >= 0.6 is 0 Å². The molecular weight excluding hydrogens is 505 g/mol. The van der Waals surface area contributed by atoms with E-state index in [1.165, 1.54) is 0 Å². The van der Waals surface area contributed by atoms with Crippen molar-refractivity contribution in [2.75, 3.05) is 12.8 Å². The van der Waals surface area contributed by atoms with Crippen molar-refractivity contribution < 1.29 is 27.3 Å². The first-order valence-corrected chi connectivity index (χ1v) is 16.3. The molecule has 11 heteroatoms. The third-order valence-corrected chi connectivity index (χ3v) is 10.9. The zero-order valence-electron chi connectivity index (χ0n) is 24.7. The van der Waals surface area contributed by atoms with Crippen molar-refractivity contribution in [3.8, 4) is 0 Å². The number of sulfonamides is 1. The third kappa shape index (κ3) is 4.94. The van der Waals surface area contributed by atoms with Gasteiger partial charge in [-0.15, -0.1) is 0 Å². The molecule has 2 saturated heterocycles. The predicted molar refractivity (Wildman–Crippen MR) is 147 cm³/mol. The second-order valence-electron chi connectivity index (χ2n) is 13.8. The Labute approximate surface area is 229 Å². The van der Waals surface area contributed by atoms with Gasteiger partial charge in [0, 0.05) is 6.54 Å². The number of amides is 2. The van der Waals surface area contributed by atoms with Crippen LogP contribution in [0.4, 0.5) is 0 Å². The van der Waals surface area contributed by atoms with Crippen LogP contribution in [0, 0.1) is 29.1 Å². The second-order valence-corrected chi connectivity index (χ2v) is 15.5. The highest BCUT2D eigenvalue weighted by atomic mass is 32.2.